The second-order valence-electron chi connectivity index (χ2n) is 5.62. The molecular formula is C19H18N2O4S. The van der Waals surface area contributed by atoms with Crippen LogP contribution in [0.3, 0.4) is 0 Å². The van der Waals surface area contributed by atoms with Crippen LogP contribution >= 0.6 is 12.2 Å². The summed E-state index contributed by atoms with van der Waals surface area (Å²) in [6.07, 6.45) is 1.68. The number of carbonyl (C=O) groups excluding carboxylic acids is 1. The summed E-state index contributed by atoms with van der Waals surface area (Å²) in [5.41, 5.74) is 1.76. The van der Waals surface area contributed by atoms with E-state index in [2.05, 4.69) is 0 Å². The maximum atomic E-state index is 12.9. The molecule has 2 aromatic rings. The summed E-state index contributed by atoms with van der Waals surface area (Å²) in [6.45, 7) is 0. The van der Waals surface area contributed by atoms with Crippen molar-refractivity contribution in [2.24, 2.45) is 0 Å². The molecule has 0 atom stereocenters. The molecule has 1 amide bonds. The van der Waals surface area contributed by atoms with Crippen LogP contribution in [0.4, 0.5) is 5.69 Å². The van der Waals surface area contributed by atoms with Crippen molar-refractivity contribution in [2.45, 2.75) is 0 Å². The third-order valence-corrected chi connectivity index (χ3v) is 4.54. The van der Waals surface area contributed by atoms with Crippen LogP contribution in [-0.2, 0) is 4.79 Å². The first-order chi connectivity index (χ1) is 12.5. The highest BCUT2D eigenvalue weighted by molar-refractivity contribution is 7.80. The van der Waals surface area contributed by atoms with Gasteiger partial charge in [0.2, 0.25) is 5.75 Å². The van der Waals surface area contributed by atoms with Crippen molar-refractivity contribution in [1.29, 1.82) is 0 Å². The molecule has 6 nitrogen and oxygen atoms in total. The summed E-state index contributed by atoms with van der Waals surface area (Å²) in [5, 5.41) is 10.4. The number of rotatable bonds is 4. The molecule has 0 unspecified atom stereocenters. The number of ether oxygens (including phenoxy) is 2. The molecule has 1 fully saturated rings. The number of benzene rings is 2. The second kappa shape index (κ2) is 7.05. The molecule has 1 aliphatic rings. The second-order valence-corrected chi connectivity index (χ2v) is 5.99. The minimum atomic E-state index is -0.227. The van der Waals surface area contributed by atoms with E-state index in [4.69, 9.17) is 21.7 Å². The van der Waals surface area contributed by atoms with Gasteiger partial charge in [0.1, 0.15) is 5.70 Å². The molecule has 1 aliphatic heterocycles. The quantitative estimate of drug-likeness (QED) is 0.659. The predicted molar refractivity (Wildman–Crippen MR) is 103 cm³/mol. The number of thiocarbonyl (C=S) groups is 1. The van der Waals surface area contributed by atoms with E-state index in [1.165, 1.54) is 19.1 Å². The number of methoxy groups -OCH3 is 2. The van der Waals surface area contributed by atoms with Crippen molar-refractivity contribution in [3.05, 3.63) is 53.7 Å². The molecule has 0 aromatic heterocycles. The highest BCUT2D eigenvalue weighted by atomic mass is 32.1. The third-order valence-electron chi connectivity index (χ3n) is 4.08. The smallest absolute Gasteiger partial charge is 0.281 e. The summed E-state index contributed by atoms with van der Waals surface area (Å²) in [4.78, 5) is 16.1. The Morgan fingerprint density at radius 2 is 1.65 bits per heavy atom. The van der Waals surface area contributed by atoms with Crippen molar-refractivity contribution in [3.63, 3.8) is 0 Å². The van der Waals surface area contributed by atoms with E-state index in [9.17, 15) is 9.90 Å². The number of carbonyl (C=O) groups is 1. The Labute approximate surface area is 156 Å². The van der Waals surface area contributed by atoms with E-state index in [1.54, 1.807) is 30.2 Å². The summed E-state index contributed by atoms with van der Waals surface area (Å²) < 4.78 is 10.3. The van der Waals surface area contributed by atoms with Gasteiger partial charge in [-0.05, 0) is 48.1 Å². The molecule has 1 N–H and O–H groups in total. The van der Waals surface area contributed by atoms with Gasteiger partial charge >= 0.3 is 0 Å². The number of phenolic OH excluding ortho intramolecular Hbond substituents is 1. The van der Waals surface area contributed by atoms with E-state index < -0.39 is 0 Å². The molecular weight excluding hydrogens is 352 g/mol. The van der Waals surface area contributed by atoms with Gasteiger partial charge in [0.15, 0.2) is 16.6 Å². The number of hydrogen-bond acceptors (Lipinski definition) is 5. The summed E-state index contributed by atoms with van der Waals surface area (Å²) >= 11 is 5.43. The zero-order chi connectivity index (χ0) is 18.8. The average molecular weight is 370 g/mol. The lowest BCUT2D eigenvalue weighted by Gasteiger charge is -2.16. The summed E-state index contributed by atoms with van der Waals surface area (Å²) in [6, 6.07) is 12.5. The molecule has 2 aromatic carbocycles. The van der Waals surface area contributed by atoms with E-state index in [0.717, 1.165) is 0 Å². The van der Waals surface area contributed by atoms with E-state index in [0.29, 0.717) is 22.1 Å². The molecule has 134 valence electrons. The van der Waals surface area contributed by atoms with Crippen LogP contribution in [0.25, 0.3) is 6.08 Å². The number of amides is 1. The van der Waals surface area contributed by atoms with Crippen molar-refractivity contribution in [3.8, 4) is 17.2 Å². The topological polar surface area (TPSA) is 62.2 Å². The number of anilines is 1. The lowest BCUT2D eigenvalue weighted by molar-refractivity contribution is -0.114. The zero-order valence-corrected chi connectivity index (χ0v) is 15.4. The molecule has 7 heteroatoms. The minimum absolute atomic E-state index is 0.0929. The standard InChI is InChI=1S/C19H18N2O4S/c1-20-14(9-12-10-15(24-2)17(22)16(11-12)25-3)18(23)21(19(20)26)13-7-5-4-6-8-13/h4-11,22H,1-3H3. The highest BCUT2D eigenvalue weighted by Gasteiger charge is 2.36. The van der Waals surface area contributed by atoms with Gasteiger partial charge in [-0.15, -0.1) is 0 Å². The number of nitrogens with zero attached hydrogens (tertiary/aromatic N) is 2. The molecule has 26 heavy (non-hydrogen) atoms. The Kier molecular flexibility index (Phi) is 4.81. The van der Waals surface area contributed by atoms with Gasteiger partial charge in [-0.1, -0.05) is 18.2 Å². The van der Waals surface area contributed by atoms with E-state index in [1.807, 2.05) is 30.3 Å². The van der Waals surface area contributed by atoms with Gasteiger partial charge in [-0.3, -0.25) is 9.69 Å². The molecule has 1 saturated heterocycles. The Morgan fingerprint density at radius 3 is 2.19 bits per heavy atom. The summed E-state index contributed by atoms with van der Waals surface area (Å²) in [5.74, 6) is 0.193. The highest BCUT2D eigenvalue weighted by Crippen LogP contribution is 2.38. The van der Waals surface area contributed by atoms with E-state index >= 15 is 0 Å². The van der Waals surface area contributed by atoms with Crippen LogP contribution in [0.15, 0.2) is 48.2 Å². The third kappa shape index (κ3) is 2.97. The Morgan fingerprint density at radius 1 is 1.08 bits per heavy atom. The van der Waals surface area contributed by atoms with Crippen LogP contribution in [0.1, 0.15) is 5.56 Å². The molecule has 3 rings (SSSR count). The monoisotopic (exact) mass is 370 g/mol. The molecule has 0 spiro atoms. The van der Waals surface area contributed by atoms with Crippen LogP contribution in [0.5, 0.6) is 17.2 Å². The van der Waals surface area contributed by atoms with Crippen molar-refractivity contribution in [2.75, 3.05) is 26.2 Å². The molecule has 0 aliphatic carbocycles. The number of para-hydroxylation sites is 1. The number of aromatic hydroxyl groups is 1. The first-order valence-electron chi connectivity index (χ1n) is 7.81. The van der Waals surface area contributed by atoms with Gasteiger partial charge in [0, 0.05) is 7.05 Å². The normalized spacial score (nSPS) is 15.7. The van der Waals surface area contributed by atoms with Crippen molar-refractivity contribution in [1.82, 2.24) is 4.90 Å². The largest absolute Gasteiger partial charge is 0.502 e. The number of likely N-dealkylation sites (N-methyl/N-ethyl adjacent to an activating group) is 1. The number of hydrogen-bond donors (Lipinski definition) is 1. The molecule has 0 radical (unpaired) electrons. The Bertz CT molecular complexity index is 871. The van der Waals surface area contributed by atoms with Gasteiger partial charge in [0.25, 0.3) is 5.91 Å². The predicted octanol–water partition coefficient (Wildman–Crippen LogP) is 3.01. The van der Waals surface area contributed by atoms with Crippen molar-refractivity contribution < 1.29 is 19.4 Å². The fourth-order valence-corrected chi connectivity index (χ4v) is 3.00. The van der Waals surface area contributed by atoms with E-state index in [-0.39, 0.29) is 23.2 Å². The maximum absolute atomic E-state index is 12.9. The van der Waals surface area contributed by atoms with Gasteiger partial charge in [-0.2, -0.15) is 0 Å². The Hall–Kier alpha value is -3.06. The number of phenols is 1. The van der Waals surface area contributed by atoms with Crippen LogP contribution in [0, 0.1) is 0 Å². The zero-order valence-electron chi connectivity index (χ0n) is 14.6. The molecule has 1 heterocycles. The first kappa shape index (κ1) is 17.8. The van der Waals surface area contributed by atoms with Crippen LogP contribution in [-0.4, -0.2) is 42.3 Å². The van der Waals surface area contributed by atoms with Crippen molar-refractivity contribution >= 4 is 35.0 Å². The maximum Gasteiger partial charge on any atom is 0.281 e. The molecule has 0 bridgehead atoms. The average Bonchev–Trinajstić information content (AvgIpc) is 2.87. The van der Waals surface area contributed by atoms with Crippen LogP contribution < -0.4 is 14.4 Å². The molecule has 0 saturated carbocycles. The van der Waals surface area contributed by atoms with Gasteiger partial charge < -0.3 is 19.5 Å². The van der Waals surface area contributed by atoms with Crippen LogP contribution in [0.2, 0.25) is 0 Å². The summed E-state index contributed by atoms with van der Waals surface area (Å²) in [7, 11) is 4.64. The fraction of sp³-hybridized carbons (Fsp3) is 0.158. The minimum Gasteiger partial charge on any atom is -0.502 e. The SMILES string of the molecule is COc1cc(C=C2C(=O)N(c3ccccc3)C(=S)N2C)cc(OC)c1O. The fourth-order valence-electron chi connectivity index (χ4n) is 2.72. The van der Waals surface area contributed by atoms with Gasteiger partial charge in [0.05, 0.1) is 19.9 Å². The van der Waals surface area contributed by atoms with Gasteiger partial charge in [-0.25, -0.2) is 0 Å². The Balaban J connectivity index is 2.04. The first-order valence-corrected chi connectivity index (χ1v) is 8.22. The lowest BCUT2D eigenvalue weighted by Crippen LogP contribution is -2.30. The lowest BCUT2D eigenvalue weighted by atomic mass is 10.1.